The molecule has 0 saturated carbocycles. The van der Waals surface area contributed by atoms with Crippen LogP contribution in [0.3, 0.4) is 0 Å². The van der Waals surface area contributed by atoms with Gasteiger partial charge in [0.25, 0.3) is 5.91 Å². The summed E-state index contributed by atoms with van der Waals surface area (Å²) in [6.07, 6.45) is 5.36. The summed E-state index contributed by atoms with van der Waals surface area (Å²) >= 11 is 0. The number of carbonyl (C=O) groups excluding carboxylic acids is 1. The number of hydrogen-bond donors (Lipinski definition) is 1. The molecule has 36 heavy (non-hydrogen) atoms. The van der Waals surface area contributed by atoms with Crippen molar-refractivity contribution in [1.29, 1.82) is 0 Å². The van der Waals surface area contributed by atoms with Crippen LogP contribution in [0.5, 0.6) is 11.5 Å². The molecule has 9 heteroatoms. The van der Waals surface area contributed by atoms with Crippen molar-refractivity contribution in [3.05, 3.63) is 105 Å². The molecule has 2 aliphatic rings. The number of nitrogens with zero attached hydrogens (tertiary/aromatic N) is 3. The molecule has 2 aliphatic heterocycles. The Hall–Kier alpha value is -4.14. The van der Waals surface area contributed by atoms with Gasteiger partial charge in [-0.05, 0) is 42.7 Å². The molecule has 0 radical (unpaired) electrons. The van der Waals surface area contributed by atoms with Crippen LogP contribution in [0.25, 0.3) is 0 Å². The summed E-state index contributed by atoms with van der Waals surface area (Å²) in [5.41, 5.74) is 1.09. The van der Waals surface area contributed by atoms with Gasteiger partial charge in [-0.1, -0.05) is 37.3 Å². The highest BCUT2D eigenvalue weighted by Crippen LogP contribution is 2.40. The number of aromatic hydroxyl groups is 1. The third kappa shape index (κ3) is 3.71. The van der Waals surface area contributed by atoms with Gasteiger partial charge in [0.05, 0.1) is 6.04 Å². The van der Waals surface area contributed by atoms with E-state index in [4.69, 9.17) is 4.74 Å². The molecule has 0 saturated heterocycles. The minimum atomic E-state index is -1.11. The first-order valence-electron chi connectivity index (χ1n) is 11.7. The van der Waals surface area contributed by atoms with E-state index in [1.807, 2.05) is 38.1 Å². The molecule has 2 bridgehead atoms. The topological polar surface area (TPSA) is 75.0 Å². The van der Waals surface area contributed by atoms with Gasteiger partial charge in [-0.2, -0.15) is 4.39 Å². The maximum atomic E-state index is 15.2. The van der Waals surface area contributed by atoms with Crippen LogP contribution in [0.4, 0.5) is 8.78 Å². The standard InChI is InChI=1S/C27H25F2N3O4/c1-3-17-8-6-14-36-26-19(10-11-20(28)22(26)29)23(18-9-5-4-7-16(18)2)32-15-30(17)27(35)24-25(34)21(33)12-13-31(24)32/h4-13,17,23,34H,3,14-15H2,1-2H3/b8-6+/t17-,23+/m1/s1. The number of halogens is 2. The number of ether oxygens (including phenoxy) is 1. The van der Waals surface area contributed by atoms with E-state index in [-0.39, 0.29) is 24.7 Å². The second-order valence-electron chi connectivity index (χ2n) is 8.83. The molecule has 0 spiro atoms. The van der Waals surface area contributed by atoms with Crippen molar-refractivity contribution in [3.8, 4) is 11.5 Å². The Morgan fingerprint density at radius 3 is 2.61 bits per heavy atom. The van der Waals surface area contributed by atoms with Gasteiger partial charge in [-0.15, -0.1) is 0 Å². The number of benzene rings is 2. The van der Waals surface area contributed by atoms with E-state index in [2.05, 4.69) is 0 Å². The number of aryl methyl sites for hydroxylation is 1. The SMILES string of the molecule is CC[C@@H]1/C=C/COc2c(ccc(F)c2F)[C@H](c2ccccc2C)N2CN1C(=O)c1c(O)c(=O)ccn12. The van der Waals surface area contributed by atoms with Crippen LogP contribution in [-0.2, 0) is 0 Å². The molecule has 1 aromatic heterocycles. The van der Waals surface area contributed by atoms with E-state index in [9.17, 15) is 19.1 Å². The summed E-state index contributed by atoms with van der Waals surface area (Å²) in [5.74, 6) is -3.57. The predicted molar refractivity (Wildman–Crippen MR) is 130 cm³/mol. The quantitative estimate of drug-likeness (QED) is 0.546. The Bertz CT molecular complexity index is 1440. The molecule has 2 atom stereocenters. The van der Waals surface area contributed by atoms with E-state index < -0.39 is 40.8 Å². The normalized spacial score (nSPS) is 20.2. The molecular formula is C27H25F2N3O4. The fourth-order valence-electron chi connectivity index (χ4n) is 4.91. The summed E-state index contributed by atoms with van der Waals surface area (Å²) in [4.78, 5) is 27.5. The summed E-state index contributed by atoms with van der Waals surface area (Å²) in [6.45, 7) is 3.81. The van der Waals surface area contributed by atoms with E-state index >= 15 is 4.39 Å². The van der Waals surface area contributed by atoms with Crippen LogP contribution in [0.15, 0.2) is 65.6 Å². The molecule has 0 fully saturated rings. The Morgan fingerprint density at radius 1 is 1.08 bits per heavy atom. The molecule has 1 N–H and O–H groups in total. The smallest absolute Gasteiger partial charge is 0.278 e. The Labute approximate surface area is 206 Å². The van der Waals surface area contributed by atoms with Gasteiger partial charge in [0, 0.05) is 17.8 Å². The molecule has 3 aromatic rings. The van der Waals surface area contributed by atoms with Crippen molar-refractivity contribution in [2.24, 2.45) is 0 Å². The van der Waals surface area contributed by atoms with E-state index in [0.717, 1.165) is 17.2 Å². The Balaban J connectivity index is 1.87. The number of amides is 1. The van der Waals surface area contributed by atoms with Gasteiger partial charge in [-0.25, -0.2) is 4.39 Å². The van der Waals surface area contributed by atoms with Gasteiger partial charge < -0.3 is 14.7 Å². The first kappa shape index (κ1) is 23.6. The molecule has 5 rings (SSSR count). The summed E-state index contributed by atoms with van der Waals surface area (Å²) in [7, 11) is 0. The van der Waals surface area contributed by atoms with Gasteiger partial charge in [0.1, 0.15) is 19.3 Å². The number of fused-ring (bicyclic) bond motifs is 5. The van der Waals surface area contributed by atoms with Gasteiger partial charge >= 0.3 is 0 Å². The maximum Gasteiger partial charge on any atom is 0.278 e. The second kappa shape index (κ2) is 9.14. The molecule has 186 valence electrons. The minimum Gasteiger partial charge on any atom is -0.502 e. The van der Waals surface area contributed by atoms with Crippen LogP contribution in [0, 0.1) is 18.6 Å². The van der Waals surface area contributed by atoms with Gasteiger partial charge in [0.2, 0.25) is 11.2 Å². The van der Waals surface area contributed by atoms with Crippen molar-refractivity contribution in [2.75, 3.05) is 18.3 Å². The summed E-state index contributed by atoms with van der Waals surface area (Å²) in [5, 5.41) is 12.4. The molecular weight excluding hydrogens is 468 g/mol. The van der Waals surface area contributed by atoms with E-state index in [1.54, 1.807) is 22.1 Å². The van der Waals surface area contributed by atoms with Crippen LogP contribution in [-0.4, -0.2) is 39.9 Å². The largest absolute Gasteiger partial charge is 0.502 e. The lowest BCUT2D eigenvalue weighted by molar-refractivity contribution is 0.0626. The van der Waals surface area contributed by atoms with Gasteiger partial charge in [0.15, 0.2) is 23.0 Å². The molecule has 0 unspecified atom stereocenters. The second-order valence-corrected chi connectivity index (χ2v) is 8.83. The number of carbonyl (C=O) groups is 1. The van der Waals surface area contributed by atoms with Crippen molar-refractivity contribution in [2.45, 2.75) is 32.4 Å². The predicted octanol–water partition coefficient (Wildman–Crippen LogP) is 4.01. The van der Waals surface area contributed by atoms with Crippen LogP contribution in [0.2, 0.25) is 0 Å². The Morgan fingerprint density at radius 2 is 1.86 bits per heavy atom. The van der Waals surface area contributed by atoms with Crippen molar-refractivity contribution in [1.82, 2.24) is 9.58 Å². The maximum absolute atomic E-state index is 15.2. The first-order valence-corrected chi connectivity index (χ1v) is 11.7. The lowest BCUT2D eigenvalue weighted by Crippen LogP contribution is -2.57. The fourth-order valence-corrected chi connectivity index (χ4v) is 4.91. The van der Waals surface area contributed by atoms with Crippen LogP contribution >= 0.6 is 0 Å². The zero-order valence-corrected chi connectivity index (χ0v) is 19.8. The van der Waals surface area contributed by atoms with E-state index in [1.165, 1.54) is 23.0 Å². The van der Waals surface area contributed by atoms with Gasteiger partial charge in [-0.3, -0.25) is 19.3 Å². The van der Waals surface area contributed by atoms with Crippen molar-refractivity contribution >= 4 is 5.91 Å². The van der Waals surface area contributed by atoms with Crippen LogP contribution < -0.4 is 15.2 Å². The summed E-state index contributed by atoms with van der Waals surface area (Å²) < 4.78 is 36.7. The number of aromatic nitrogens is 1. The molecule has 2 aromatic carbocycles. The monoisotopic (exact) mass is 493 g/mol. The highest BCUT2D eigenvalue weighted by atomic mass is 19.2. The molecule has 1 amide bonds. The highest BCUT2D eigenvalue weighted by molar-refractivity contribution is 5.96. The van der Waals surface area contributed by atoms with E-state index in [0.29, 0.717) is 12.0 Å². The number of rotatable bonds is 2. The van der Waals surface area contributed by atoms with Crippen LogP contribution in [0.1, 0.15) is 46.6 Å². The molecule has 0 aliphatic carbocycles. The highest BCUT2D eigenvalue weighted by Gasteiger charge is 2.40. The Kier molecular flexibility index (Phi) is 5.99. The zero-order valence-electron chi connectivity index (χ0n) is 19.8. The van der Waals surface area contributed by atoms with Crippen molar-refractivity contribution < 1.29 is 23.4 Å². The number of pyridine rings is 1. The third-order valence-corrected chi connectivity index (χ3v) is 6.75. The summed E-state index contributed by atoms with van der Waals surface area (Å²) in [6, 6.07) is 9.98. The zero-order chi connectivity index (χ0) is 25.6. The first-order chi connectivity index (χ1) is 17.3. The average Bonchev–Trinajstić information content (AvgIpc) is 2.89. The third-order valence-electron chi connectivity index (χ3n) is 6.75. The molecule has 7 nitrogen and oxygen atoms in total. The fraction of sp³-hybridized carbons (Fsp3) is 0.259. The van der Waals surface area contributed by atoms with Crippen molar-refractivity contribution in [3.63, 3.8) is 0 Å². The lowest BCUT2D eigenvalue weighted by atomic mass is 9.93. The number of hydrogen-bond acceptors (Lipinski definition) is 5. The molecule has 3 heterocycles. The average molecular weight is 494 g/mol. The lowest BCUT2D eigenvalue weighted by Gasteiger charge is -2.46. The minimum absolute atomic E-state index is 0.0392.